The summed E-state index contributed by atoms with van der Waals surface area (Å²) in [6, 6.07) is 0.389. The van der Waals surface area contributed by atoms with E-state index in [0.29, 0.717) is 19.0 Å². The van der Waals surface area contributed by atoms with E-state index in [4.69, 9.17) is 0 Å². The molecule has 0 aromatic heterocycles. The van der Waals surface area contributed by atoms with Gasteiger partial charge in [-0.2, -0.15) is 0 Å². The van der Waals surface area contributed by atoms with Gasteiger partial charge in [0.25, 0.3) is 0 Å². The van der Waals surface area contributed by atoms with Gasteiger partial charge in [0, 0.05) is 12.6 Å². The topological polar surface area (TPSA) is 46.2 Å². The van der Waals surface area contributed by atoms with Crippen molar-refractivity contribution in [2.24, 2.45) is 0 Å². The Morgan fingerprint density at radius 1 is 1.00 bits per heavy atom. The molecule has 3 nitrogen and oxygen atoms in total. The molecule has 0 saturated heterocycles. The molecule has 92 valence electrons. The smallest absolute Gasteiger partial charge is 0.156 e. The van der Waals surface area contributed by atoms with E-state index in [1.54, 1.807) is 13.8 Å². The minimum Gasteiger partial charge on any atom is -0.313 e. The van der Waals surface area contributed by atoms with Gasteiger partial charge in [-0.1, -0.05) is 13.8 Å². The molecule has 3 atom stereocenters. The lowest BCUT2D eigenvalue weighted by Gasteiger charge is -2.20. The number of hydrogen-bond donors (Lipinski definition) is 1. The van der Waals surface area contributed by atoms with Crippen molar-refractivity contribution in [2.45, 2.75) is 64.0 Å². The predicted octanol–water partition coefficient (Wildman–Crippen LogP) is 1.98. The number of rotatable bonds is 7. The van der Waals surface area contributed by atoms with E-state index < -0.39 is 9.84 Å². The standard InChI is InChI=1S/C11H25NO2S/c1-6-9(3)12-8-11(5)15(13,14)10(4)7-2/h9-12H,6-8H2,1-5H3. The van der Waals surface area contributed by atoms with Crippen molar-refractivity contribution in [3.63, 3.8) is 0 Å². The molecule has 0 fully saturated rings. The maximum atomic E-state index is 11.9. The van der Waals surface area contributed by atoms with Crippen molar-refractivity contribution in [2.75, 3.05) is 6.54 Å². The highest BCUT2D eigenvalue weighted by Crippen LogP contribution is 2.11. The molecule has 0 aliphatic carbocycles. The molecule has 3 unspecified atom stereocenters. The summed E-state index contributed by atoms with van der Waals surface area (Å²) >= 11 is 0. The summed E-state index contributed by atoms with van der Waals surface area (Å²) in [5.74, 6) is 0. The molecular formula is C11H25NO2S. The van der Waals surface area contributed by atoms with E-state index in [1.165, 1.54) is 0 Å². The van der Waals surface area contributed by atoms with Crippen molar-refractivity contribution >= 4 is 9.84 Å². The second-order valence-electron chi connectivity index (χ2n) is 4.34. The third kappa shape index (κ3) is 4.51. The maximum absolute atomic E-state index is 11.9. The van der Waals surface area contributed by atoms with Crippen LogP contribution in [0.4, 0.5) is 0 Å². The van der Waals surface area contributed by atoms with Gasteiger partial charge in [0.05, 0.1) is 10.5 Å². The summed E-state index contributed by atoms with van der Waals surface area (Å²) < 4.78 is 23.8. The Hall–Kier alpha value is -0.0900. The lowest BCUT2D eigenvalue weighted by atomic mass is 10.2. The molecule has 0 aromatic rings. The first-order valence-corrected chi connectivity index (χ1v) is 7.43. The summed E-state index contributed by atoms with van der Waals surface area (Å²) in [5, 5.41) is 2.72. The van der Waals surface area contributed by atoms with Crippen LogP contribution in [-0.2, 0) is 9.84 Å². The normalized spacial score (nSPS) is 18.5. The minimum atomic E-state index is -2.96. The molecule has 0 rings (SSSR count). The highest BCUT2D eigenvalue weighted by molar-refractivity contribution is 7.92. The molecule has 4 heteroatoms. The highest BCUT2D eigenvalue weighted by atomic mass is 32.2. The molecule has 0 heterocycles. The Morgan fingerprint density at radius 3 is 1.93 bits per heavy atom. The van der Waals surface area contributed by atoms with Crippen LogP contribution in [0.2, 0.25) is 0 Å². The van der Waals surface area contributed by atoms with Crippen molar-refractivity contribution in [3.8, 4) is 0 Å². The van der Waals surface area contributed by atoms with Crippen LogP contribution in [0.5, 0.6) is 0 Å². The average Bonchev–Trinajstić information content (AvgIpc) is 2.23. The number of nitrogens with one attached hydrogen (secondary N) is 1. The molecule has 0 radical (unpaired) electrons. The Balaban J connectivity index is 4.26. The lowest BCUT2D eigenvalue weighted by Crippen LogP contribution is -2.39. The SMILES string of the molecule is CCC(C)NCC(C)S(=O)(=O)C(C)CC. The molecule has 0 bridgehead atoms. The van der Waals surface area contributed by atoms with Crippen molar-refractivity contribution in [1.82, 2.24) is 5.32 Å². The van der Waals surface area contributed by atoms with Gasteiger partial charge in [-0.15, -0.1) is 0 Å². The lowest BCUT2D eigenvalue weighted by molar-refractivity contribution is 0.515. The fraction of sp³-hybridized carbons (Fsp3) is 1.00. The molecule has 0 aromatic carbocycles. The van der Waals surface area contributed by atoms with Gasteiger partial charge in [-0.3, -0.25) is 0 Å². The summed E-state index contributed by atoms with van der Waals surface area (Å²) in [6.07, 6.45) is 1.71. The van der Waals surface area contributed by atoms with Crippen molar-refractivity contribution in [3.05, 3.63) is 0 Å². The molecule has 0 aliphatic heterocycles. The molecule has 0 saturated carbocycles. The summed E-state index contributed by atoms with van der Waals surface area (Å²) in [4.78, 5) is 0. The second-order valence-corrected chi connectivity index (χ2v) is 7.12. The zero-order chi connectivity index (χ0) is 12.1. The molecule has 0 amide bonds. The third-order valence-corrected chi connectivity index (χ3v) is 5.81. The zero-order valence-electron chi connectivity index (χ0n) is 10.6. The Morgan fingerprint density at radius 2 is 1.53 bits per heavy atom. The van der Waals surface area contributed by atoms with E-state index in [1.807, 2.05) is 6.92 Å². The molecular weight excluding hydrogens is 210 g/mol. The largest absolute Gasteiger partial charge is 0.313 e. The third-order valence-electron chi connectivity index (χ3n) is 3.06. The monoisotopic (exact) mass is 235 g/mol. The second kappa shape index (κ2) is 6.48. The average molecular weight is 235 g/mol. The highest BCUT2D eigenvalue weighted by Gasteiger charge is 2.26. The van der Waals surface area contributed by atoms with Crippen LogP contribution in [0.3, 0.4) is 0 Å². The summed E-state index contributed by atoms with van der Waals surface area (Å²) in [7, 11) is -2.96. The van der Waals surface area contributed by atoms with Gasteiger partial charge in [0.1, 0.15) is 0 Å². The Labute approximate surface area is 94.6 Å². The van der Waals surface area contributed by atoms with Gasteiger partial charge >= 0.3 is 0 Å². The van der Waals surface area contributed by atoms with Crippen LogP contribution in [-0.4, -0.2) is 31.5 Å². The Kier molecular flexibility index (Phi) is 6.44. The number of sulfone groups is 1. The summed E-state index contributed by atoms with van der Waals surface area (Å²) in [6.45, 7) is 10.2. The van der Waals surface area contributed by atoms with Crippen molar-refractivity contribution in [1.29, 1.82) is 0 Å². The van der Waals surface area contributed by atoms with Crippen LogP contribution in [0.25, 0.3) is 0 Å². The van der Waals surface area contributed by atoms with Gasteiger partial charge in [0.15, 0.2) is 9.84 Å². The minimum absolute atomic E-state index is 0.230. The first kappa shape index (κ1) is 14.9. The van der Waals surface area contributed by atoms with Crippen molar-refractivity contribution < 1.29 is 8.42 Å². The van der Waals surface area contributed by atoms with Crippen LogP contribution < -0.4 is 5.32 Å². The number of hydrogen-bond acceptors (Lipinski definition) is 3. The summed E-state index contributed by atoms with van der Waals surface area (Å²) in [5.41, 5.74) is 0. The van der Waals surface area contributed by atoms with E-state index >= 15 is 0 Å². The molecule has 15 heavy (non-hydrogen) atoms. The first-order chi connectivity index (χ1) is 6.86. The quantitative estimate of drug-likeness (QED) is 0.734. The van der Waals surface area contributed by atoms with Gasteiger partial charge < -0.3 is 5.32 Å². The molecule has 0 spiro atoms. The zero-order valence-corrected chi connectivity index (χ0v) is 11.4. The fourth-order valence-corrected chi connectivity index (χ4v) is 2.84. The predicted molar refractivity (Wildman–Crippen MR) is 65.9 cm³/mol. The van der Waals surface area contributed by atoms with E-state index in [0.717, 1.165) is 6.42 Å². The van der Waals surface area contributed by atoms with Crippen LogP contribution in [0.15, 0.2) is 0 Å². The molecule has 1 N–H and O–H groups in total. The van der Waals surface area contributed by atoms with Gasteiger partial charge in [-0.05, 0) is 33.6 Å². The first-order valence-electron chi connectivity index (χ1n) is 5.82. The van der Waals surface area contributed by atoms with E-state index in [-0.39, 0.29) is 10.5 Å². The van der Waals surface area contributed by atoms with E-state index in [9.17, 15) is 8.42 Å². The van der Waals surface area contributed by atoms with Crippen LogP contribution in [0, 0.1) is 0 Å². The maximum Gasteiger partial charge on any atom is 0.156 e. The Bertz CT molecular complexity index is 262. The van der Waals surface area contributed by atoms with E-state index in [2.05, 4.69) is 19.2 Å². The van der Waals surface area contributed by atoms with Crippen LogP contribution in [0.1, 0.15) is 47.5 Å². The van der Waals surface area contributed by atoms with Crippen LogP contribution >= 0.6 is 0 Å². The van der Waals surface area contributed by atoms with Gasteiger partial charge in [0.2, 0.25) is 0 Å². The molecule has 0 aliphatic rings. The fourth-order valence-electron chi connectivity index (χ4n) is 1.26. The van der Waals surface area contributed by atoms with Gasteiger partial charge in [-0.25, -0.2) is 8.42 Å².